The number of halogens is 2. The van der Waals surface area contributed by atoms with Gasteiger partial charge >= 0.3 is 0 Å². The number of nitrogens with two attached hydrogens (primary N) is 1. The van der Waals surface area contributed by atoms with Crippen LogP contribution in [-0.2, 0) is 7.05 Å². The summed E-state index contributed by atoms with van der Waals surface area (Å²) in [5, 5.41) is 0.779. The van der Waals surface area contributed by atoms with Crippen LogP contribution in [0.25, 0.3) is 11.0 Å². The number of hydrogen-bond donors (Lipinski definition) is 1. The highest BCUT2D eigenvalue weighted by molar-refractivity contribution is 6.40. The van der Waals surface area contributed by atoms with Crippen molar-refractivity contribution < 1.29 is 4.52 Å². The molecule has 0 atom stereocenters. The van der Waals surface area contributed by atoms with E-state index in [0.29, 0.717) is 0 Å². The molecule has 2 N–H and O–H groups in total. The summed E-state index contributed by atoms with van der Waals surface area (Å²) in [6.07, 6.45) is 0. The smallest absolute Gasteiger partial charge is 0.291 e. The lowest BCUT2D eigenvalue weighted by molar-refractivity contribution is 0.324. The molecule has 6 heteroatoms. The largest absolute Gasteiger partial charge is 0.394 e. The van der Waals surface area contributed by atoms with E-state index in [0.717, 1.165) is 4.74 Å². The molecular formula is C8H6Cl2N2O2. The summed E-state index contributed by atoms with van der Waals surface area (Å²) >= 11 is 11.6. The molecule has 0 saturated heterocycles. The lowest BCUT2D eigenvalue weighted by Crippen LogP contribution is -2.09. The van der Waals surface area contributed by atoms with Gasteiger partial charge in [0.1, 0.15) is 5.39 Å². The van der Waals surface area contributed by atoms with Gasteiger partial charge in [-0.05, 0) is 6.07 Å². The molecule has 0 unspecified atom stereocenters. The van der Waals surface area contributed by atoms with Gasteiger partial charge in [0.05, 0.1) is 15.7 Å². The van der Waals surface area contributed by atoms with Crippen molar-refractivity contribution >= 4 is 39.9 Å². The van der Waals surface area contributed by atoms with Crippen molar-refractivity contribution in [2.45, 2.75) is 0 Å². The van der Waals surface area contributed by atoms with Crippen LogP contribution in [0.5, 0.6) is 0 Å². The average Bonchev–Trinajstić information content (AvgIpc) is 2.40. The quantitative estimate of drug-likeness (QED) is 0.708. The molecule has 1 heterocycles. The predicted molar refractivity (Wildman–Crippen MR) is 55.9 cm³/mol. The lowest BCUT2D eigenvalue weighted by atomic mass is 10.2. The third-order valence-corrected chi connectivity index (χ3v) is 2.56. The monoisotopic (exact) mass is 232 g/mol. The Morgan fingerprint density at radius 1 is 1.43 bits per heavy atom. The first-order valence-corrected chi connectivity index (χ1v) is 4.51. The number of anilines is 1. The zero-order chi connectivity index (χ0) is 10.5. The molecule has 2 rings (SSSR count). The number of fused-ring (bicyclic) bond motifs is 1. The van der Waals surface area contributed by atoms with E-state index in [2.05, 4.69) is 0 Å². The minimum Gasteiger partial charge on any atom is -0.394 e. The number of hydrogen-bond acceptors (Lipinski definition) is 3. The van der Waals surface area contributed by atoms with Gasteiger partial charge in [0.25, 0.3) is 5.56 Å². The number of aryl methyl sites for hydroxylation is 1. The van der Waals surface area contributed by atoms with Crippen LogP contribution in [0.15, 0.2) is 15.4 Å². The van der Waals surface area contributed by atoms with Crippen LogP contribution in [0.2, 0.25) is 10.0 Å². The van der Waals surface area contributed by atoms with Crippen LogP contribution in [-0.4, -0.2) is 4.74 Å². The molecule has 0 aliphatic heterocycles. The zero-order valence-electron chi connectivity index (χ0n) is 7.17. The van der Waals surface area contributed by atoms with E-state index in [4.69, 9.17) is 33.5 Å². The maximum absolute atomic E-state index is 11.5. The second-order valence-corrected chi connectivity index (χ2v) is 3.67. The van der Waals surface area contributed by atoms with Gasteiger partial charge in [0.15, 0.2) is 5.58 Å². The van der Waals surface area contributed by atoms with E-state index in [1.165, 1.54) is 13.1 Å². The SMILES string of the molecule is Cn1oc2c(N)c(Cl)cc(Cl)c2c1=O. The van der Waals surface area contributed by atoms with E-state index in [1.807, 2.05) is 0 Å². The van der Waals surface area contributed by atoms with Gasteiger partial charge in [-0.3, -0.25) is 4.79 Å². The highest BCUT2D eigenvalue weighted by atomic mass is 35.5. The van der Waals surface area contributed by atoms with E-state index in [9.17, 15) is 4.79 Å². The molecule has 0 aliphatic carbocycles. The van der Waals surface area contributed by atoms with Gasteiger partial charge in [-0.25, -0.2) is 0 Å². The van der Waals surface area contributed by atoms with Gasteiger partial charge in [-0.15, -0.1) is 0 Å². The summed E-state index contributed by atoms with van der Waals surface area (Å²) in [6.45, 7) is 0. The Morgan fingerprint density at radius 3 is 2.71 bits per heavy atom. The molecule has 0 spiro atoms. The molecule has 74 valence electrons. The first kappa shape index (κ1) is 9.43. The van der Waals surface area contributed by atoms with Crippen LogP contribution in [0.3, 0.4) is 0 Å². The number of benzene rings is 1. The molecule has 0 amide bonds. The van der Waals surface area contributed by atoms with Crippen molar-refractivity contribution in [3.8, 4) is 0 Å². The third kappa shape index (κ3) is 1.11. The second-order valence-electron chi connectivity index (χ2n) is 2.85. The highest BCUT2D eigenvalue weighted by Crippen LogP contribution is 2.32. The van der Waals surface area contributed by atoms with Crippen molar-refractivity contribution in [1.29, 1.82) is 0 Å². The van der Waals surface area contributed by atoms with Crippen LogP contribution < -0.4 is 11.3 Å². The molecule has 4 nitrogen and oxygen atoms in total. The fourth-order valence-corrected chi connectivity index (χ4v) is 1.77. The van der Waals surface area contributed by atoms with Crippen molar-refractivity contribution in [1.82, 2.24) is 4.74 Å². The van der Waals surface area contributed by atoms with Gasteiger partial charge < -0.3 is 10.3 Å². The first-order valence-electron chi connectivity index (χ1n) is 3.76. The van der Waals surface area contributed by atoms with E-state index < -0.39 is 0 Å². The molecule has 0 bridgehead atoms. The van der Waals surface area contributed by atoms with Gasteiger partial charge in [0, 0.05) is 7.05 Å². The fraction of sp³-hybridized carbons (Fsp3) is 0.125. The first-order chi connectivity index (χ1) is 6.52. The summed E-state index contributed by atoms with van der Waals surface area (Å²) in [6, 6.07) is 1.43. The van der Waals surface area contributed by atoms with E-state index in [-0.39, 0.29) is 32.3 Å². The summed E-state index contributed by atoms with van der Waals surface area (Å²) in [4.78, 5) is 11.5. The number of nitrogens with zero attached hydrogens (tertiary/aromatic N) is 1. The predicted octanol–water partition coefficient (Wildman–Crippen LogP) is 2.02. The summed E-state index contributed by atoms with van der Waals surface area (Å²) < 4.78 is 6.16. The molecule has 2 aromatic rings. The van der Waals surface area contributed by atoms with E-state index >= 15 is 0 Å². The van der Waals surface area contributed by atoms with Crippen molar-refractivity contribution in [2.24, 2.45) is 7.05 Å². The number of rotatable bonds is 0. The molecule has 0 aliphatic rings. The standard InChI is InChI=1S/C8H6Cl2N2O2/c1-12-8(13)5-3(9)2-4(10)6(11)7(5)14-12/h2H,11H2,1H3. The van der Waals surface area contributed by atoms with Crippen molar-refractivity contribution in [3.63, 3.8) is 0 Å². The molecule has 0 fully saturated rings. The van der Waals surface area contributed by atoms with E-state index in [1.54, 1.807) is 0 Å². The van der Waals surface area contributed by atoms with Crippen molar-refractivity contribution in [3.05, 3.63) is 26.5 Å². The Bertz CT molecular complexity index is 571. The average molecular weight is 233 g/mol. The Kier molecular flexibility index (Phi) is 1.97. The fourth-order valence-electron chi connectivity index (χ4n) is 1.24. The summed E-state index contributed by atoms with van der Waals surface area (Å²) in [5.41, 5.74) is 5.76. The molecule has 0 saturated carbocycles. The molecule has 1 aromatic carbocycles. The van der Waals surface area contributed by atoms with Crippen LogP contribution in [0, 0.1) is 0 Å². The maximum atomic E-state index is 11.5. The van der Waals surface area contributed by atoms with Gasteiger partial charge in [-0.1, -0.05) is 23.2 Å². The van der Waals surface area contributed by atoms with Gasteiger partial charge in [-0.2, -0.15) is 4.74 Å². The molecule has 14 heavy (non-hydrogen) atoms. The zero-order valence-corrected chi connectivity index (χ0v) is 8.69. The molecular weight excluding hydrogens is 227 g/mol. The Hall–Kier alpha value is -1.13. The lowest BCUT2D eigenvalue weighted by Gasteiger charge is -1.97. The number of nitrogen functional groups attached to an aromatic ring is 1. The Morgan fingerprint density at radius 2 is 2.07 bits per heavy atom. The highest BCUT2D eigenvalue weighted by Gasteiger charge is 2.16. The van der Waals surface area contributed by atoms with Crippen LogP contribution in [0.4, 0.5) is 5.69 Å². The normalized spacial score (nSPS) is 11.1. The minimum absolute atomic E-state index is 0.226. The van der Waals surface area contributed by atoms with Crippen LogP contribution >= 0.6 is 23.2 Å². The minimum atomic E-state index is -0.326. The number of aromatic nitrogens is 1. The maximum Gasteiger partial charge on any atom is 0.291 e. The summed E-state index contributed by atoms with van der Waals surface area (Å²) in [7, 11) is 1.48. The van der Waals surface area contributed by atoms with Crippen LogP contribution in [0.1, 0.15) is 0 Å². The molecule has 0 radical (unpaired) electrons. The Labute approximate surface area is 88.8 Å². The van der Waals surface area contributed by atoms with Crippen molar-refractivity contribution in [2.75, 3.05) is 5.73 Å². The van der Waals surface area contributed by atoms with Gasteiger partial charge in [0.2, 0.25) is 0 Å². The second kappa shape index (κ2) is 2.93. The molecule has 1 aromatic heterocycles. The Balaban J connectivity index is 3.10. The third-order valence-electron chi connectivity index (χ3n) is 1.95. The topological polar surface area (TPSA) is 61.2 Å². The summed E-state index contributed by atoms with van der Waals surface area (Å²) in [5.74, 6) is 0.